The van der Waals surface area contributed by atoms with E-state index in [1.807, 2.05) is 26.0 Å². The summed E-state index contributed by atoms with van der Waals surface area (Å²) >= 11 is 1.52. The first-order chi connectivity index (χ1) is 12.1. The number of nitrogens with one attached hydrogen (secondary N) is 1. The van der Waals surface area contributed by atoms with Crippen molar-refractivity contribution in [1.82, 2.24) is 15.3 Å². The van der Waals surface area contributed by atoms with Gasteiger partial charge in [0.25, 0.3) is 5.91 Å². The number of hydrogen-bond acceptors (Lipinski definition) is 4. The second-order valence-corrected chi connectivity index (χ2v) is 6.79. The molecule has 0 saturated carbocycles. The van der Waals surface area contributed by atoms with E-state index in [2.05, 4.69) is 15.3 Å². The quantitative estimate of drug-likeness (QED) is 0.700. The molecule has 3 rings (SSSR count). The lowest BCUT2D eigenvalue weighted by Crippen LogP contribution is -2.25. The molecule has 0 saturated heterocycles. The molecule has 1 amide bonds. The van der Waals surface area contributed by atoms with Gasteiger partial charge in [-0.1, -0.05) is 19.1 Å². The van der Waals surface area contributed by atoms with Crippen molar-refractivity contribution in [3.05, 3.63) is 65.1 Å². The number of hydrogen-bond donors (Lipinski definition) is 1. The number of aromatic nitrogens is 2. The Kier molecular flexibility index (Phi) is 5.28. The lowest BCUT2D eigenvalue weighted by atomic mass is 10.1. The molecule has 2 aromatic heterocycles. The van der Waals surface area contributed by atoms with Gasteiger partial charge in [0, 0.05) is 18.1 Å². The summed E-state index contributed by atoms with van der Waals surface area (Å²) in [6.07, 6.45) is 1.70. The molecule has 0 unspecified atom stereocenters. The minimum atomic E-state index is -0.293. The average Bonchev–Trinajstić information content (AvgIpc) is 2.61. The third kappa shape index (κ3) is 3.79. The van der Waals surface area contributed by atoms with Gasteiger partial charge in [0.05, 0.1) is 5.56 Å². The van der Waals surface area contributed by atoms with Crippen molar-refractivity contribution in [2.24, 2.45) is 0 Å². The molecule has 0 spiro atoms. The second kappa shape index (κ2) is 7.61. The molecule has 0 fully saturated rings. The van der Waals surface area contributed by atoms with Crippen LogP contribution < -0.4 is 5.32 Å². The van der Waals surface area contributed by atoms with E-state index in [1.165, 1.54) is 23.9 Å². The summed E-state index contributed by atoms with van der Waals surface area (Å²) in [7, 11) is 0. The van der Waals surface area contributed by atoms with Gasteiger partial charge in [-0.25, -0.2) is 14.4 Å². The molecule has 3 aromatic rings. The number of nitrogens with zero attached hydrogens (tertiary/aromatic N) is 2. The van der Waals surface area contributed by atoms with Gasteiger partial charge in [-0.15, -0.1) is 11.8 Å². The molecule has 0 aliphatic heterocycles. The molecule has 128 valence electrons. The molecule has 1 aromatic carbocycles. The van der Waals surface area contributed by atoms with Crippen LogP contribution in [0, 0.1) is 12.7 Å². The van der Waals surface area contributed by atoms with E-state index in [1.54, 1.807) is 18.3 Å². The van der Waals surface area contributed by atoms with E-state index in [9.17, 15) is 9.18 Å². The Bertz CT molecular complexity index is 912. The summed E-state index contributed by atoms with van der Waals surface area (Å²) in [6.45, 7) is 4.27. The highest BCUT2D eigenvalue weighted by molar-refractivity contribution is 7.99. The topological polar surface area (TPSA) is 54.9 Å². The van der Waals surface area contributed by atoms with Gasteiger partial charge in [0.15, 0.2) is 5.65 Å². The maximum absolute atomic E-state index is 13.0. The van der Waals surface area contributed by atoms with Crippen LogP contribution >= 0.6 is 11.8 Å². The average molecular weight is 355 g/mol. The normalized spacial score (nSPS) is 10.8. The SMILES string of the molecule is CCSc1nc2ncccc2c(C)c1C(=O)NCc1ccc(F)cc1. The Hall–Kier alpha value is -2.47. The molecule has 0 atom stereocenters. The van der Waals surface area contributed by atoms with E-state index >= 15 is 0 Å². The molecule has 4 nitrogen and oxygen atoms in total. The molecular formula is C19H18FN3OS. The molecule has 6 heteroatoms. The van der Waals surface area contributed by atoms with Gasteiger partial charge < -0.3 is 5.32 Å². The number of amides is 1. The molecule has 0 bridgehead atoms. The largest absolute Gasteiger partial charge is 0.348 e. The second-order valence-electron chi connectivity index (χ2n) is 5.53. The third-order valence-corrected chi connectivity index (χ3v) is 4.72. The van der Waals surface area contributed by atoms with Crippen LogP contribution in [0.15, 0.2) is 47.6 Å². The number of fused-ring (bicyclic) bond motifs is 1. The number of aryl methyl sites for hydroxylation is 1. The van der Waals surface area contributed by atoms with Crippen LogP contribution in [-0.4, -0.2) is 21.6 Å². The molecule has 0 aliphatic carbocycles. The Morgan fingerprint density at radius 2 is 2.00 bits per heavy atom. The lowest BCUT2D eigenvalue weighted by molar-refractivity contribution is 0.0947. The van der Waals surface area contributed by atoms with Gasteiger partial charge >= 0.3 is 0 Å². The first-order valence-electron chi connectivity index (χ1n) is 8.01. The fourth-order valence-electron chi connectivity index (χ4n) is 2.61. The number of rotatable bonds is 5. The summed E-state index contributed by atoms with van der Waals surface area (Å²) in [5.74, 6) is 0.332. The summed E-state index contributed by atoms with van der Waals surface area (Å²) in [6, 6.07) is 9.84. The highest BCUT2D eigenvalue weighted by Gasteiger charge is 2.19. The Balaban J connectivity index is 1.92. The number of carbonyl (C=O) groups excluding carboxylic acids is 1. The zero-order chi connectivity index (χ0) is 17.8. The summed E-state index contributed by atoms with van der Waals surface area (Å²) < 4.78 is 13.0. The van der Waals surface area contributed by atoms with Crippen LogP contribution in [-0.2, 0) is 6.54 Å². The van der Waals surface area contributed by atoms with Crippen molar-refractivity contribution in [2.75, 3.05) is 5.75 Å². The van der Waals surface area contributed by atoms with Gasteiger partial charge in [-0.05, 0) is 48.1 Å². The fourth-order valence-corrected chi connectivity index (χ4v) is 3.42. The van der Waals surface area contributed by atoms with E-state index in [4.69, 9.17) is 0 Å². The predicted octanol–water partition coefficient (Wildman–Crippen LogP) is 4.12. The number of halogens is 1. The fraction of sp³-hybridized carbons (Fsp3) is 0.211. The molecule has 25 heavy (non-hydrogen) atoms. The Labute approximate surface area is 149 Å². The summed E-state index contributed by atoms with van der Waals surface area (Å²) in [5.41, 5.74) is 2.93. The number of benzene rings is 1. The molecular weight excluding hydrogens is 337 g/mol. The van der Waals surface area contributed by atoms with E-state index in [0.29, 0.717) is 22.8 Å². The predicted molar refractivity (Wildman–Crippen MR) is 98.2 cm³/mol. The smallest absolute Gasteiger partial charge is 0.254 e. The zero-order valence-corrected chi connectivity index (χ0v) is 14.9. The summed E-state index contributed by atoms with van der Waals surface area (Å²) in [4.78, 5) is 21.6. The lowest BCUT2D eigenvalue weighted by Gasteiger charge is -2.13. The maximum Gasteiger partial charge on any atom is 0.254 e. The third-order valence-electron chi connectivity index (χ3n) is 3.86. The van der Waals surface area contributed by atoms with E-state index in [-0.39, 0.29) is 11.7 Å². The number of thioether (sulfide) groups is 1. The highest BCUT2D eigenvalue weighted by atomic mass is 32.2. The van der Waals surface area contributed by atoms with Gasteiger partial charge in [-0.2, -0.15) is 0 Å². The number of pyridine rings is 2. The van der Waals surface area contributed by atoms with Crippen molar-refractivity contribution in [1.29, 1.82) is 0 Å². The zero-order valence-electron chi connectivity index (χ0n) is 14.0. The standard InChI is InChI=1S/C19H18FN3OS/c1-3-25-19-16(12(2)15-5-4-10-21-17(15)23-19)18(24)22-11-13-6-8-14(20)9-7-13/h4-10H,3,11H2,1-2H3,(H,22,24). The highest BCUT2D eigenvalue weighted by Crippen LogP contribution is 2.28. The van der Waals surface area contributed by atoms with Crippen LogP contribution in [0.25, 0.3) is 11.0 Å². The molecule has 1 N–H and O–H groups in total. The van der Waals surface area contributed by atoms with Crippen LogP contribution in [0.5, 0.6) is 0 Å². The Morgan fingerprint density at radius 3 is 2.72 bits per heavy atom. The van der Waals surface area contributed by atoms with Crippen LogP contribution in [0.1, 0.15) is 28.4 Å². The van der Waals surface area contributed by atoms with E-state index in [0.717, 1.165) is 22.3 Å². The monoisotopic (exact) mass is 355 g/mol. The molecule has 0 aliphatic rings. The molecule has 2 heterocycles. The van der Waals surface area contributed by atoms with Gasteiger partial charge in [0.2, 0.25) is 0 Å². The molecule has 0 radical (unpaired) electrons. The summed E-state index contributed by atoms with van der Waals surface area (Å²) in [5, 5.41) is 4.46. The number of carbonyl (C=O) groups is 1. The van der Waals surface area contributed by atoms with Crippen LogP contribution in [0.2, 0.25) is 0 Å². The van der Waals surface area contributed by atoms with Crippen molar-refractivity contribution < 1.29 is 9.18 Å². The van der Waals surface area contributed by atoms with Crippen molar-refractivity contribution in [3.63, 3.8) is 0 Å². The van der Waals surface area contributed by atoms with Gasteiger partial charge in [-0.3, -0.25) is 4.79 Å². The van der Waals surface area contributed by atoms with E-state index < -0.39 is 0 Å². The van der Waals surface area contributed by atoms with Crippen LogP contribution in [0.4, 0.5) is 4.39 Å². The minimum Gasteiger partial charge on any atom is -0.348 e. The maximum atomic E-state index is 13.0. The van der Waals surface area contributed by atoms with Crippen molar-refractivity contribution in [3.8, 4) is 0 Å². The van der Waals surface area contributed by atoms with Crippen molar-refractivity contribution in [2.45, 2.75) is 25.4 Å². The van der Waals surface area contributed by atoms with Crippen molar-refractivity contribution >= 4 is 28.7 Å². The minimum absolute atomic E-state index is 0.184. The van der Waals surface area contributed by atoms with Gasteiger partial charge in [0.1, 0.15) is 10.8 Å². The first kappa shape index (κ1) is 17.4. The Morgan fingerprint density at radius 1 is 1.24 bits per heavy atom. The first-order valence-corrected chi connectivity index (χ1v) is 8.99. The van der Waals surface area contributed by atoms with Crippen LogP contribution in [0.3, 0.4) is 0 Å².